The van der Waals surface area contributed by atoms with E-state index < -0.39 is 5.97 Å². The number of carboxylic acid groups (broad SMARTS) is 1. The normalized spacial score (nSPS) is 13.2. The molecule has 2 rings (SSSR count). The molecule has 21 heavy (non-hydrogen) atoms. The summed E-state index contributed by atoms with van der Waals surface area (Å²) < 4.78 is 0. The standard InChI is InChI=1S/C16H23N3O2/c1-10(2)15(19(4)8-7-14(20)21)16-17-12-6-5-11(3)9-13(12)18-16/h5-6,9-10,15H,7-8H2,1-4H3,(H,17,18)(H,20,21). The second-order valence-electron chi connectivity index (χ2n) is 5.96. The molecular formula is C16H23N3O2. The molecule has 0 radical (unpaired) electrons. The number of nitrogens with one attached hydrogen (secondary N) is 1. The molecule has 1 heterocycles. The van der Waals surface area contributed by atoms with Crippen LogP contribution in [0, 0.1) is 12.8 Å². The highest BCUT2D eigenvalue weighted by atomic mass is 16.4. The number of fused-ring (bicyclic) bond motifs is 1. The van der Waals surface area contributed by atoms with E-state index in [0.29, 0.717) is 12.5 Å². The molecule has 0 aliphatic carbocycles. The highest BCUT2D eigenvalue weighted by Crippen LogP contribution is 2.27. The van der Waals surface area contributed by atoms with E-state index in [-0.39, 0.29) is 12.5 Å². The Kier molecular flexibility index (Phi) is 4.63. The maximum atomic E-state index is 10.8. The van der Waals surface area contributed by atoms with Gasteiger partial charge in [0.1, 0.15) is 5.82 Å². The van der Waals surface area contributed by atoms with Crippen LogP contribution in [0.5, 0.6) is 0 Å². The first-order valence-electron chi connectivity index (χ1n) is 7.26. The number of aromatic nitrogens is 2. The van der Waals surface area contributed by atoms with Gasteiger partial charge in [0, 0.05) is 6.54 Å². The SMILES string of the molecule is Cc1ccc2nc(C(C(C)C)N(C)CCC(=O)O)[nH]c2c1. The van der Waals surface area contributed by atoms with E-state index in [9.17, 15) is 4.79 Å². The average molecular weight is 289 g/mol. The molecule has 1 unspecified atom stereocenters. The van der Waals surface area contributed by atoms with Crippen molar-refractivity contribution in [2.75, 3.05) is 13.6 Å². The molecule has 1 aromatic heterocycles. The fourth-order valence-corrected chi connectivity index (χ4v) is 2.73. The van der Waals surface area contributed by atoms with Gasteiger partial charge in [-0.1, -0.05) is 19.9 Å². The van der Waals surface area contributed by atoms with E-state index in [0.717, 1.165) is 16.9 Å². The van der Waals surface area contributed by atoms with Crippen molar-refractivity contribution < 1.29 is 9.90 Å². The molecule has 0 fully saturated rings. The quantitative estimate of drug-likeness (QED) is 0.857. The minimum atomic E-state index is -0.774. The number of benzene rings is 1. The number of imidazole rings is 1. The molecule has 114 valence electrons. The van der Waals surface area contributed by atoms with Gasteiger partial charge < -0.3 is 10.1 Å². The summed E-state index contributed by atoms with van der Waals surface area (Å²) in [7, 11) is 1.95. The Hall–Kier alpha value is -1.88. The van der Waals surface area contributed by atoms with Gasteiger partial charge in [0.25, 0.3) is 0 Å². The van der Waals surface area contributed by atoms with Gasteiger partial charge in [-0.25, -0.2) is 4.98 Å². The molecule has 0 amide bonds. The predicted octanol–water partition coefficient (Wildman–Crippen LogP) is 2.97. The Bertz CT molecular complexity index is 633. The highest BCUT2D eigenvalue weighted by Gasteiger charge is 2.24. The molecule has 0 saturated heterocycles. The summed E-state index contributed by atoms with van der Waals surface area (Å²) in [6, 6.07) is 6.22. The second-order valence-corrected chi connectivity index (χ2v) is 5.96. The van der Waals surface area contributed by atoms with Gasteiger partial charge in [0.2, 0.25) is 0 Å². The predicted molar refractivity (Wildman–Crippen MR) is 83.3 cm³/mol. The van der Waals surface area contributed by atoms with Crippen LogP contribution in [0.4, 0.5) is 0 Å². The lowest BCUT2D eigenvalue weighted by Gasteiger charge is -2.29. The summed E-state index contributed by atoms with van der Waals surface area (Å²) in [6.45, 7) is 6.81. The molecule has 5 heteroatoms. The molecule has 0 aliphatic heterocycles. The third-order valence-corrected chi connectivity index (χ3v) is 3.72. The molecule has 2 aromatic rings. The number of carbonyl (C=O) groups is 1. The topological polar surface area (TPSA) is 69.2 Å². The van der Waals surface area contributed by atoms with Crippen LogP contribution in [0.1, 0.15) is 37.7 Å². The smallest absolute Gasteiger partial charge is 0.304 e. The number of hydrogen-bond acceptors (Lipinski definition) is 3. The molecule has 1 aromatic carbocycles. The van der Waals surface area contributed by atoms with Crippen LogP contribution in [0.2, 0.25) is 0 Å². The monoisotopic (exact) mass is 289 g/mol. The van der Waals surface area contributed by atoms with Crippen molar-refractivity contribution in [1.29, 1.82) is 0 Å². The largest absolute Gasteiger partial charge is 0.481 e. The Labute approximate surface area is 125 Å². The maximum absolute atomic E-state index is 10.8. The summed E-state index contributed by atoms with van der Waals surface area (Å²) in [4.78, 5) is 20.9. The van der Waals surface area contributed by atoms with Crippen LogP contribution >= 0.6 is 0 Å². The zero-order chi connectivity index (χ0) is 15.6. The van der Waals surface area contributed by atoms with Crippen LogP contribution in [0.3, 0.4) is 0 Å². The minimum absolute atomic E-state index is 0.0806. The van der Waals surface area contributed by atoms with E-state index in [1.807, 2.05) is 19.2 Å². The van der Waals surface area contributed by atoms with Crippen molar-refractivity contribution in [2.45, 2.75) is 33.2 Å². The molecular weight excluding hydrogens is 266 g/mol. The van der Waals surface area contributed by atoms with Crippen molar-refractivity contribution in [3.8, 4) is 0 Å². The summed E-state index contributed by atoms with van der Waals surface area (Å²) in [5.41, 5.74) is 3.17. The van der Waals surface area contributed by atoms with E-state index >= 15 is 0 Å². The number of aliphatic carboxylic acids is 1. The van der Waals surface area contributed by atoms with E-state index in [1.165, 1.54) is 5.56 Å². The first kappa shape index (κ1) is 15.5. The summed E-state index contributed by atoms with van der Waals surface area (Å²) in [5, 5.41) is 8.85. The molecule has 1 atom stereocenters. The van der Waals surface area contributed by atoms with Crippen LogP contribution < -0.4 is 0 Å². The van der Waals surface area contributed by atoms with Gasteiger partial charge in [-0.05, 0) is 37.6 Å². The number of hydrogen-bond donors (Lipinski definition) is 2. The molecule has 0 bridgehead atoms. The van der Waals surface area contributed by atoms with E-state index in [4.69, 9.17) is 5.11 Å². The zero-order valence-electron chi connectivity index (χ0n) is 13.1. The zero-order valence-corrected chi connectivity index (χ0v) is 13.1. The van der Waals surface area contributed by atoms with Crippen molar-refractivity contribution >= 4 is 17.0 Å². The number of H-pyrrole nitrogens is 1. The lowest BCUT2D eigenvalue weighted by molar-refractivity contribution is -0.137. The van der Waals surface area contributed by atoms with Crippen molar-refractivity contribution in [1.82, 2.24) is 14.9 Å². The number of rotatable bonds is 6. The van der Waals surface area contributed by atoms with Gasteiger partial charge >= 0.3 is 5.97 Å². The van der Waals surface area contributed by atoms with Gasteiger partial charge in [-0.15, -0.1) is 0 Å². The summed E-state index contributed by atoms with van der Waals surface area (Å²) in [6.07, 6.45) is 0.138. The number of aryl methyl sites for hydroxylation is 1. The molecule has 0 aliphatic rings. The Morgan fingerprint density at radius 1 is 1.43 bits per heavy atom. The van der Waals surface area contributed by atoms with E-state index in [2.05, 4.69) is 41.7 Å². The summed E-state index contributed by atoms with van der Waals surface area (Å²) >= 11 is 0. The van der Waals surface area contributed by atoms with Gasteiger partial charge in [-0.2, -0.15) is 0 Å². The number of carboxylic acids is 1. The third-order valence-electron chi connectivity index (χ3n) is 3.72. The van der Waals surface area contributed by atoms with E-state index in [1.54, 1.807) is 0 Å². The van der Waals surface area contributed by atoms with Gasteiger partial charge in [-0.3, -0.25) is 9.69 Å². The highest BCUT2D eigenvalue weighted by molar-refractivity contribution is 5.75. The van der Waals surface area contributed by atoms with Crippen molar-refractivity contribution in [3.05, 3.63) is 29.6 Å². The van der Waals surface area contributed by atoms with Gasteiger partial charge in [0.05, 0.1) is 23.5 Å². The third kappa shape index (κ3) is 3.61. The molecule has 5 nitrogen and oxygen atoms in total. The fourth-order valence-electron chi connectivity index (χ4n) is 2.73. The van der Waals surface area contributed by atoms with Crippen LogP contribution in [0.25, 0.3) is 11.0 Å². The summed E-state index contributed by atoms with van der Waals surface area (Å²) in [5.74, 6) is 0.466. The second kappa shape index (κ2) is 6.26. The number of nitrogens with zero attached hydrogens (tertiary/aromatic N) is 2. The Morgan fingerprint density at radius 3 is 2.76 bits per heavy atom. The molecule has 0 saturated carbocycles. The van der Waals surface area contributed by atoms with Crippen LogP contribution in [-0.4, -0.2) is 39.5 Å². The van der Waals surface area contributed by atoms with Crippen molar-refractivity contribution in [2.24, 2.45) is 5.92 Å². The maximum Gasteiger partial charge on any atom is 0.304 e. The lowest BCUT2D eigenvalue weighted by Crippen LogP contribution is -2.31. The average Bonchev–Trinajstić information content (AvgIpc) is 2.78. The molecule has 2 N–H and O–H groups in total. The van der Waals surface area contributed by atoms with Crippen molar-refractivity contribution in [3.63, 3.8) is 0 Å². The first-order valence-corrected chi connectivity index (χ1v) is 7.26. The fraction of sp³-hybridized carbons (Fsp3) is 0.500. The minimum Gasteiger partial charge on any atom is -0.481 e. The molecule has 0 spiro atoms. The van der Waals surface area contributed by atoms with Crippen LogP contribution in [-0.2, 0) is 4.79 Å². The number of aromatic amines is 1. The Morgan fingerprint density at radius 2 is 2.14 bits per heavy atom. The Balaban J connectivity index is 2.29. The first-order chi connectivity index (χ1) is 9.88. The van der Waals surface area contributed by atoms with Gasteiger partial charge in [0.15, 0.2) is 0 Å². The van der Waals surface area contributed by atoms with Crippen LogP contribution in [0.15, 0.2) is 18.2 Å². The lowest BCUT2D eigenvalue weighted by atomic mass is 10.0.